The van der Waals surface area contributed by atoms with Gasteiger partial charge in [-0.3, -0.25) is 0 Å². The smallest absolute Gasteiger partial charge is 0.193 e. The lowest BCUT2D eigenvalue weighted by molar-refractivity contribution is 0.808. The molecule has 0 saturated carbocycles. The van der Waals surface area contributed by atoms with Crippen LogP contribution in [0.2, 0.25) is 0 Å². The van der Waals surface area contributed by atoms with Crippen molar-refractivity contribution in [3.05, 3.63) is 29.8 Å². The van der Waals surface area contributed by atoms with E-state index >= 15 is 0 Å². The number of hydrogen-bond acceptors (Lipinski definition) is 6. The minimum atomic E-state index is 0.708. The van der Waals surface area contributed by atoms with Gasteiger partial charge in [0.2, 0.25) is 0 Å². The second-order valence-electron chi connectivity index (χ2n) is 4.43. The fourth-order valence-corrected chi connectivity index (χ4v) is 2.38. The molecule has 2 aromatic heterocycles. The molecule has 0 radical (unpaired) electrons. The summed E-state index contributed by atoms with van der Waals surface area (Å²) in [7, 11) is 0. The number of nitrogens with zero attached hydrogens (tertiary/aromatic N) is 4. The van der Waals surface area contributed by atoms with Gasteiger partial charge in [0.1, 0.15) is 16.7 Å². The van der Waals surface area contributed by atoms with Crippen LogP contribution in [0.1, 0.15) is 31.7 Å². The molecule has 2 rings (SSSR count). The molecule has 0 bridgehead atoms. The summed E-state index contributed by atoms with van der Waals surface area (Å²) in [4.78, 5) is 17.6. The molecule has 0 amide bonds. The van der Waals surface area contributed by atoms with Crippen molar-refractivity contribution in [2.24, 2.45) is 0 Å². The SMILES string of the molecule is CCCc1nc(NCC)cc(Sc2ncc(C)cn2)n1. The standard InChI is InChI=1S/C14H19N5S/c1-4-6-11-18-12(15-5-2)7-13(19-11)20-14-16-8-10(3)9-17-14/h7-9H,4-6H2,1-3H3,(H,15,18,19). The van der Waals surface area contributed by atoms with Crippen LogP contribution in [0.5, 0.6) is 0 Å². The second-order valence-corrected chi connectivity index (χ2v) is 5.42. The zero-order valence-corrected chi connectivity index (χ0v) is 12.9. The number of aryl methyl sites for hydroxylation is 2. The van der Waals surface area contributed by atoms with Crippen LogP contribution < -0.4 is 5.32 Å². The van der Waals surface area contributed by atoms with Gasteiger partial charge in [0.05, 0.1) is 0 Å². The Bertz CT molecular complexity index is 532. The van der Waals surface area contributed by atoms with Crippen molar-refractivity contribution < 1.29 is 0 Å². The van der Waals surface area contributed by atoms with Crippen molar-refractivity contribution in [3.63, 3.8) is 0 Å². The molecule has 20 heavy (non-hydrogen) atoms. The molecule has 0 saturated heterocycles. The third-order valence-corrected chi connectivity index (χ3v) is 3.35. The van der Waals surface area contributed by atoms with E-state index in [0.717, 1.165) is 41.6 Å². The monoisotopic (exact) mass is 289 g/mol. The summed E-state index contributed by atoms with van der Waals surface area (Å²) in [5.41, 5.74) is 1.05. The van der Waals surface area contributed by atoms with E-state index in [2.05, 4.69) is 39.1 Å². The van der Waals surface area contributed by atoms with Crippen molar-refractivity contribution >= 4 is 17.6 Å². The maximum atomic E-state index is 4.55. The van der Waals surface area contributed by atoms with Crippen LogP contribution >= 0.6 is 11.8 Å². The van der Waals surface area contributed by atoms with Gasteiger partial charge in [0.25, 0.3) is 0 Å². The molecule has 0 atom stereocenters. The van der Waals surface area contributed by atoms with Crippen LogP contribution in [0.25, 0.3) is 0 Å². The maximum Gasteiger partial charge on any atom is 0.193 e. The molecule has 1 N–H and O–H groups in total. The molecule has 0 spiro atoms. The highest BCUT2D eigenvalue weighted by Crippen LogP contribution is 2.24. The van der Waals surface area contributed by atoms with Gasteiger partial charge in [0.15, 0.2) is 5.16 Å². The van der Waals surface area contributed by atoms with Crippen LogP contribution in [0.15, 0.2) is 28.6 Å². The number of hydrogen-bond donors (Lipinski definition) is 1. The normalized spacial score (nSPS) is 10.6. The molecule has 2 heterocycles. The van der Waals surface area contributed by atoms with Gasteiger partial charge < -0.3 is 5.32 Å². The number of nitrogens with one attached hydrogen (secondary N) is 1. The Morgan fingerprint density at radius 3 is 2.55 bits per heavy atom. The summed E-state index contributed by atoms with van der Waals surface area (Å²) in [5.74, 6) is 1.72. The van der Waals surface area contributed by atoms with Gasteiger partial charge >= 0.3 is 0 Å². The first-order valence-electron chi connectivity index (χ1n) is 6.79. The molecule has 2 aromatic rings. The van der Waals surface area contributed by atoms with E-state index in [1.165, 1.54) is 11.8 Å². The molecule has 0 aromatic carbocycles. The van der Waals surface area contributed by atoms with Crippen molar-refractivity contribution in [2.75, 3.05) is 11.9 Å². The first kappa shape index (κ1) is 14.7. The van der Waals surface area contributed by atoms with Crippen molar-refractivity contribution in [1.29, 1.82) is 0 Å². The molecule has 5 nitrogen and oxygen atoms in total. The molecular formula is C14H19N5S. The highest BCUT2D eigenvalue weighted by Gasteiger charge is 2.07. The molecule has 0 aliphatic rings. The van der Waals surface area contributed by atoms with Crippen molar-refractivity contribution in [2.45, 2.75) is 43.8 Å². The van der Waals surface area contributed by atoms with Crippen LogP contribution in [0, 0.1) is 6.92 Å². The topological polar surface area (TPSA) is 63.6 Å². The first-order chi connectivity index (χ1) is 9.71. The minimum Gasteiger partial charge on any atom is -0.370 e. The van der Waals surface area contributed by atoms with E-state index in [9.17, 15) is 0 Å². The van der Waals surface area contributed by atoms with E-state index in [0.29, 0.717) is 5.16 Å². The fraction of sp³-hybridized carbons (Fsp3) is 0.429. The van der Waals surface area contributed by atoms with Gasteiger partial charge in [-0.25, -0.2) is 19.9 Å². The van der Waals surface area contributed by atoms with Crippen LogP contribution in [0.3, 0.4) is 0 Å². The largest absolute Gasteiger partial charge is 0.370 e. The maximum absolute atomic E-state index is 4.55. The predicted molar refractivity (Wildman–Crippen MR) is 81.1 cm³/mol. The lowest BCUT2D eigenvalue weighted by Crippen LogP contribution is -2.04. The van der Waals surface area contributed by atoms with Crippen LogP contribution in [-0.4, -0.2) is 26.5 Å². The van der Waals surface area contributed by atoms with E-state index < -0.39 is 0 Å². The summed E-state index contributed by atoms with van der Waals surface area (Å²) < 4.78 is 0. The van der Waals surface area contributed by atoms with Crippen molar-refractivity contribution in [1.82, 2.24) is 19.9 Å². The summed E-state index contributed by atoms with van der Waals surface area (Å²) in [6, 6.07) is 1.94. The molecular weight excluding hydrogens is 270 g/mol. The van der Waals surface area contributed by atoms with Gasteiger partial charge in [-0.2, -0.15) is 0 Å². The third-order valence-electron chi connectivity index (χ3n) is 2.53. The molecule has 0 aliphatic carbocycles. The molecule has 0 unspecified atom stereocenters. The lowest BCUT2D eigenvalue weighted by atomic mass is 10.3. The van der Waals surface area contributed by atoms with Crippen LogP contribution in [-0.2, 0) is 6.42 Å². The fourth-order valence-electron chi connectivity index (χ4n) is 1.66. The zero-order valence-electron chi connectivity index (χ0n) is 12.1. The molecule has 6 heteroatoms. The average Bonchev–Trinajstić information content (AvgIpc) is 2.42. The van der Waals surface area contributed by atoms with Gasteiger partial charge in [-0.05, 0) is 37.6 Å². The molecule has 0 aliphatic heterocycles. The van der Waals surface area contributed by atoms with Gasteiger partial charge in [0, 0.05) is 31.4 Å². The summed E-state index contributed by atoms with van der Waals surface area (Å²) in [6.07, 6.45) is 5.53. The zero-order chi connectivity index (χ0) is 14.4. The molecule has 106 valence electrons. The number of anilines is 1. The summed E-state index contributed by atoms with van der Waals surface area (Å²) >= 11 is 1.46. The molecule has 0 fully saturated rings. The van der Waals surface area contributed by atoms with Gasteiger partial charge in [-0.15, -0.1) is 0 Å². The van der Waals surface area contributed by atoms with E-state index in [1.54, 1.807) is 0 Å². The average molecular weight is 289 g/mol. The predicted octanol–water partition coefficient (Wildman–Crippen LogP) is 3.11. The minimum absolute atomic E-state index is 0.708. The van der Waals surface area contributed by atoms with E-state index in [1.807, 2.05) is 25.4 Å². The Morgan fingerprint density at radius 1 is 1.15 bits per heavy atom. The number of aromatic nitrogens is 4. The quantitative estimate of drug-likeness (QED) is 0.651. The van der Waals surface area contributed by atoms with Crippen LogP contribution in [0.4, 0.5) is 5.82 Å². The Hall–Kier alpha value is -1.69. The van der Waals surface area contributed by atoms with E-state index in [4.69, 9.17) is 0 Å². The Kier molecular flexibility index (Phi) is 5.29. The van der Waals surface area contributed by atoms with E-state index in [-0.39, 0.29) is 0 Å². The Morgan fingerprint density at radius 2 is 1.90 bits per heavy atom. The Labute approximate surface area is 123 Å². The highest BCUT2D eigenvalue weighted by molar-refractivity contribution is 7.99. The highest BCUT2D eigenvalue weighted by atomic mass is 32.2. The Balaban J connectivity index is 2.22. The first-order valence-corrected chi connectivity index (χ1v) is 7.61. The summed E-state index contributed by atoms with van der Waals surface area (Å²) in [5, 5.41) is 4.82. The summed E-state index contributed by atoms with van der Waals surface area (Å²) in [6.45, 7) is 6.99. The number of rotatable bonds is 6. The third kappa shape index (κ3) is 4.16. The second kappa shape index (κ2) is 7.19. The van der Waals surface area contributed by atoms with Gasteiger partial charge in [-0.1, -0.05) is 6.92 Å². The lowest BCUT2D eigenvalue weighted by Gasteiger charge is -2.07. The van der Waals surface area contributed by atoms with Crippen molar-refractivity contribution in [3.8, 4) is 0 Å².